The number of aliphatic hydroxyl groups excluding tert-OH is 1. The molecular weight excluding hydrogens is 436 g/mol. The first kappa shape index (κ1) is 23.7. The Morgan fingerprint density at radius 3 is 2.56 bits per heavy atom. The van der Waals surface area contributed by atoms with Crippen molar-refractivity contribution in [3.05, 3.63) is 59.4 Å². The summed E-state index contributed by atoms with van der Waals surface area (Å²) in [6.07, 6.45) is 0.852. The molecule has 2 N–H and O–H groups in total. The van der Waals surface area contributed by atoms with Crippen molar-refractivity contribution in [2.45, 2.75) is 58.7 Å². The molecule has 1 aliphatic heterocycles. The number of hydrogen-bond acceptors (Lipinski definition) is 7. The number of benzene rings is 1. The highest BCUT2D eigenvalue weighted by molar-refractivity contribution is 5.91. The van der Waals surface area contributed by atoms with Gasteiger partial charge in [0.15, 0.2) is 12.2 Å². The van der Waals surface area contributed by atoms with Gasteiger partial charge in [-0.05, 0) is 25.3 Å². The van der Waals surface area contributed by atoms with Crippen LogP contribution in [0.15, 0.2) is 45.7 Å². The summed E-state index contributed by atoms with van der Waals surface area (Å²) in [6, 6.07) is 8.64. The Labute approximate surface area is 198 Å². The molecule has 0 radical (unpaired) electrons. The van der Waals surface area contributed by atoms with E-state index in [0.29, 0.717) is 23.8 Å². The number of hydrogen-bond donors (Lipinski definition) is 2. The van der Waals surface area contributed by atoms with Crippen LogP contribution in [-0.2, 0) is 16.1 Å². The molecule has 0 spiro atoms. The van der Waals surface area contributed by atoms with E-state index in [9.17, 15) is 14.7 Å². The highest BCUT2D eigenvalue weighted by Gasteiger charge is 2.43. The first-order valence-corrected chi connectivity index (χ1v) is 11.4. The van der Waals surface area contributed by atoms with Crippen LogP contribution in [0.4, 0.5) is 0 Å². The van der Waals surface area contributed by atoms with Crippen molar-refractivity contribution in [1.29, 1.82) is 0 Å². The van der Waals surface area contributed by atoms with Crippen LogP contribution in [0.1, 0.15) is 48.9 Å². The average Bonchev–Trinajstić information content (AvgIpc) is 3.52. The molecule has 1 aromatic carbocycles. The molecule has 0 bridgehead atoms. The molecule has 4 rings (SSSR count). The summed E-state index contributed by atoms with van der Waals surface area (Å²) in [7, 11) is 0. The Balaban J connectivity index is 1.43. The standard InChI is InChI=1S/C25H30N4O5/c1-14(2)22(21-9-15(3)28-34-21)25(32)29-12-19(30)10-20(29)24(31)26-11-17-5-7-18(8-6-17)23-16(4)27-13-33-23/h5-9,13-14,19-20,22,30H,10-12H2,1-4H3,(H,26,31)/t19-,20+,22-/m1/s1. The molecule has 1 fully saturated rings. The molecule has 2 amide bonds. The number of amides is 2. The van der Waals surface area contributed by atoms with Crippen molar-refractivity contribution in [2.24, 2.45) is 5.92 Å². The van der Waals surface area contributed by atoms with Crippen LogP contribution in [0.5, 0.6) is 0 Å². The van der Waals surface area contributed by atoms with Gasteiger partial charge < -0.3 is 24.3 Å². The molecule has 9 heteroatoms. The minimum absolute atomic E-state index is 0.0622. The lowest BCUT2D eigenvalue weighted by Crippen LogP contribution is -2.48. The van der Waals surface area contributed by atoms with Gasteiger partial charge in [0.05, 0.1) is 17.5 Å². The lowest BCUT2D eigenvalue weighted by atomic mass is 9.91. The lowest BCUT2D eigenvalue weighted by Gasteiger charge is -2.28. The highest BCUT2D eigenvalue weighted by Crippen LogP contribution is 2.31. The number of carbonyl (C=O) groups is 2. The molecule has 1 aliphatic rings. The Morgan fingerprint density at radius 2 is 1.97 bits per heavy atom. The minimum Gasteiger partial charge on any atom is -0.443 e. The Morgan fingerprint density at radius 1 is 1.24 bits per heavy atom. The second-order valence-electron chi connectivity index (χ2n) is 9.17. The van der Waals surface area contributed by atoms with E-state index in [2.05, 4.69) is 15.5 Å². The molecule has 180 valence electrons. The third-order valence-electron chi connectivity index (χ3n) is 6.18. The maximum absolute atomic E-state index is 13.4. The topological polar surface area (TPSA) is 122 Å². The molecule has 0 saturated carbocycles. The average molecular weight is 467 g/mol. The van der Waals surface area contributed by atoms with Gasteiger partial charge >= 0.3 is 0 Å². The van der Waals surface area contributed by atoms with Crippen molar-refractivity contribution in [1.82, 2.24) is 20.4 Å². The summed E-state index contributed by atoms with van der Waals surface area (Å²) >= 11 is 0. The molecule has 3 aromatic rings. The summed E-state index contributed by atoms with van der Waals surface area (Å²) in [4.78, 5) is 32.1. The van der Waals surface area contributed by atoms with Gasteiger partial charge in [-0.3, -0.25) is 9.59 Å². The third kappa shape index (κ3) is 4.89. The zero-order valence-corrected chi connectivity index (χ0v) is 19.8. The van der Waals surface area contributed by atoms with Crippen molar-refractivity contribution < 1.29 is 23.6 Å². The van der Waals surface area contributed by atoms with E-state index >= 15 is 0 Å². The number of nitrogens with one attached hydrogen (secondary N) is 1. The SMILES string of the molecule is Cc1cc([C@H](C(=O)N2C[C@H](O)C[C@H]2C(=O)NCc2ccc(-c3ocnc3C)cc2)C(C)C)on1. The number of carbonyl (C=O) groups excluding carboxylic acids is 2. The minimum atomic E-state index is -0.756. The molecule has 34 heavy (non-hydrogen) atoms. The molecule has 3 atom stereocenters. The summed E-state index contributed by atoms with van der Waals surface area (Å²) in [6.45, 7) is 7.93. The van der Waals surface area contributed by atoms with E-state index in [0.717, 1.165) is 16.8 Å². The van der Waals surface area contributed by atoms with Crippen molar-refractivity contribution in [3.63, 3.8) is 0 Å². The third-order valence-corrected chi connectivity index (χ3v) is 6.18. The van der Waals surface area contributed by atoms with E-state index in [1.807, 2.05) is 45.0 Å². The number of likely N-dealkylation sites (tertiary alicyclic amines) is 1. The van der Waals surface area contributed by atoms with Crippen molar-refractivity contribution >= 4 is 11.8 Å². The molecule has 0 aliphatic carbocycles. The first-order chi connectivity index (χ1) is 16.2. The van der Waals surface area contributed by atoms with Gasteiger partial charge in [-0.2, -0.15) is 0 Å². The van der Waals surface area contributed by atoms with Crippen LogP contribution in [-0.4, -0.2) is 50.7 Å². The first-order valence-electron chi connectivity index (χ1n) is 11.4. The van der Waals surface area contributed by atoms with Gasteiger partial charge in [0.25, 0.3) is 0 Å². The summed E-state index contributed by atoms with van der Waals surface area (Å²) < 4.78 is 10.8. The normalized spacial score (nSPS) is 18.9. The maximum Gasteiger partial charge on any atom is 0.243 e. The smallest absolute Gasteiger partial charge is 0.243 e. The monoisotopic (exact) mass is 466 g/mol. The van der Waals surface area contributed by atoms with Crippen LogP contribution in [0.25, 0.3) is 11.3 Å². The summed E-state index contributed by atoms with van der Waals surface area (Å²) in [5, 5.41) is 17.1. The van der Waals surface area contributed by atoms with E-state index in [4.69, 9.17) is 8.94 Å². The number of nitrogens with zero attached hydrogens (tertiary/aromatic N) is 3. The van der Waals surface area contributed by atoms with Crippen molar-refractivity contribution in [2.75, 3.05) is 6.54 Å². The molecular formula is C25H30N4O5. The molecule has 3 heterocycles. The lowest BCUT2D eigenvalue weighted by molar-refractivity contribution is -0.141. The molecule has 2 aromatic heterocycles. The van der Waals surface area contributed by atoms with Crippen LogP contribution < -0.4 is 5.32 Å². The van der Waals surface area contributed by atoms with Crippen LogP contribution in [0, 0.1) is 19.8 Å². The molecule has 9 nitrogen and oxygen atoms in total. The van der Waals surface area contributed by atoms with Crippen LogP contribution in [0.3, 0.4) is 0 Å². The number of aromatic nitrogens is 2. The zero-order chi connectivity index (χ0) is 24.4. The summed E-state index contributed by atoms with van der Waals surface area (Å²) in [5.41, 5.74) is 3.31. The van der Waals surface area contributed by atoms with Crippen molar-refractivity contribution in [3.8, 4) is 11.3 Å². The number of β-amino-alcohol motifs (C(OH)–C–C–N with tert-alkyl or cyclic N) is 1. The fraction of sp³-hybridized carbons (Fsp3) is 0.440. The predicted molar refractivity (Wildman–Crippen MR) is 123 cm³/mol. The quantitative estimate of drug-likeness (QED) is 0.549. The molecule has 1 saturated heterocycles. The number of aryl methyl sites for hydroxylation is 2. The Bertz CT molecular complexity index is 1150. The fourth-order valence-electron chi connectivity index (χ4n) is 4.41. The van der Waals surface area contributed by atoms with Gasteiger partial charge in [0.2, 0.25) is 11.8 Å². The number of oxazole rings is 1. The second-order valence-corrected chi connectivity index (χ2v) is 9.17. The fourth-order valence-corrected chi connectivity index (χ4v) is 4.41. The van der Waals surface area contributed by atoms with E-state index in [1.165, 1.54) is 11.3 Å². The number of rotatable bonds is 7. The van der Waals surface area contributed by atoms with Crippen LogP contribution in [0.2, 0.25) is 0 Å². The largest absolute Gasteiger partial charge is 0.443 e. The van der Waals surface area contributed by atoms with Gasteiger partial charge in [0, 0.05) is 31.1 Å². The van der Waals surface area contributed by atoms with Gasteiger partial charge in [-0.25, -0.2) is 4.98 Å². The number of aliphatic hydroxyl groups is 1. The highest BCUT2D eigenvalue weighted by atomic mass is 16.5. The Hall–Kier alpha value is -3.46. The van der Waals surface area contributed by atoms with Gasteiger partial charge in [-0.15, -0.1) is 0 Å². The van der Waals surface area contributed by atoms with Crippen LogP contribution >= 0.6 is 0 Å². The van der Waals surface area contributed by atoms with E-state index in [1.54, 1.807) is 13.0 Å². The predicted octanol–water partition coefficient (Wildman–Crippen LogP) is 2.96. The van der Waals surface area contributed by atoms with E-state index in [-0.39, 0.29) is 30.7 Å². The Kier molecular flexibility index (Phi) is 6.83. The summed E-state index contributed by atoms with van der Waals surface area (Å²) in [5.74, 6) is 0.0131. The van der Waals surface area contributed by atoms with E-state index < -0.39 is 18.1 Å². The zero-order valence-electron chi connectivity index (χ0n) is 19.8. The second kappa shape index (κ2) is 9.80. The molecule has 0 unspecified atom stereocenters. The van der Waals surface area contributed by atoms with Gasteiger partial charge in [0.1, 0.15) is 17.7 Å². The maximum atomic E-state index is 13.4. The van der Waals surface area contributed by atoms with Gasteiger partial charge in [-0.1, -0.05) is 43.3 Å².